The van der Waals surface area contributed by atoms with Gasteiger partial charge in [-0.05, 0) is 67.9 Å². The van der Waals surface area contributed by atoms with Crippen LogP contribution >= 0.6 is 39.1 Å². The van der Waals surface area contributed by atoms with Gasteiger partial charge in [-0.25, -0.2) is 8.42 Å². The Balaban J connectivity index is 2.48. The van der Waals surface area contributed by atoms with Gasteiger partial charge in [-0.3, -0.25) is 13.9 Å². The van der Waals surface area contributed by atoms with Gasteiger partial charge < -0.3 is 10.2 Å². The number of sulfonamides is 1. The van der Waals surface area contributed by atoms with Crippen molar-refractivity contribution in [2.75, 3.05) is 17.1 Å². The van der Waals surface area contributed by atoms with Crippen molar-refractivity contribution in [2.45, 2.75) is 45.8 Å². The van der Waals surface area contributed by atoms with Crippen molar-refractivity contribution in [3.63, 3.8) is 0 Å². The number of halogens is 3. The third kappa shape index (κ3) is 7.60. The van der Waals surface area contributed by atoms with E-state index in [4.69, 9.17) is 23.2 Å². The van der Waals surface area contributed by atoms with E-state index in [1.807, 2.05) is 20.8 Å². The van der Waals surface area contributed by atoms with Gasteiger partial charge in [0.05, 0.1) is 11.9 Å². The highest BCUT2D eigenvalue weighted by molar-refractivity contribution is 9.10. The zero-order valence-electron chi connectivity index (χ0n) is 19.6. The SMILES string of the molecule is CC(C(=O)NC(C)(C)C)N(Cc1c(Cl)cccc1Cl)C(=O)CN(c1ccccc1Br)S(C)(=O)=O. The molecule has 0 heterocycles. The van der Waals surface area contributed by atoms with Crippen molar-refractivity contribution in [2.24, 2.45) is 0 Å². The number of nitrogens with zero attached hydrogens (tertiary/aromatic N) is 2. The molecule has 0 aromatic heterocycles. The predicted molar refractivity (Wildman–Crippen MR) is 141 cm³/mol. The summed E-state index contributed by atoms with van der Waals surface area (Å²) < 4.78 is 26.7. The zero-order valence-corrected chi connectivity index (χ0v) is 23.5. The van der Waals surface area contributed by atoms with Crippen LogP contribution in [-0.2, 0) is 26.2 Å². The Bertz CT molecular complexity index is 1150. The first kappa shape index (κ1) is 28.4. The summed E-state index contributed by atoms with van der Waals surface area (Å²) in [5.74, 6) is -0.982. The second-order valence-electron chi connectivity index (χ2n) is 8.86. The summed E-state index contributed by atoms with van der Waals surface area (Å²) >= 11 is 16.0. The normalized spacial score (nSPS) is 12.7. The summed E-state index contributed by atoms with van der Waals surface area (Å²) in [6, 6.07) is 10.7. The fraction of sp³-hybridized carbons (Fsp3) is 0.391. The minimum absolute atomic E-state index is 0.0797. The van der Waals surface area contributed by atoms with Crippen LogP contribution in [0.25, 0.3) is 0 Å². The fourth-order valence-electron chi connectivity index (χ4n) is 3.16. The summed E-state index contributed by atoms with van der Waals surface area (Å²) in [5, 5.41) is 3.52. The van der Waals surface area contributed by atoms with Crippen molar-refractivity contribution in [1.82, 2.24) is 10.2 Å². The third-order valence-electron chi connectivity index (χ3n) is 4.86. The van der Waals surface area contributed by atoms with Crippen LogP contribution in [0.1, 0.15) is 33.3 Å². The van der Waals surface area contributed by atoms with E-state index in [0.29, 0.717) is 25.8 Å². The van der Waals surface area contributed by atoms with Crippen LogP contribution in [0.4, 0.5) is 5.69 Å². The second-order valence-corrected chi connectivity index (χ2v) is 12.4. The molecule has 0 bridgehead atoms. The quantitative estimate of drug-likeness (QED) is 0.474. The van der Waals surface area contributed by atoms with E-state index >= 15 is 0 Å². The van der Waals surface area contributed by atoms with Crippen molar-refractivity contribution in [3.05, 3.63) is 62.5 Å². The molecule has 7 nitrogen and oxygen atoms in total. The van der Waals surface area contributed by atoms with Crippen LogP contribution < -0.4 is 9.62 Å². The van der Waals surface area contributed by atoms with Gasteiger partial charge in [-0.1, -0.05) is 41.4 Å². The average molecular weight is 593 g/mol. The van der Waals surface area contributed by atoms with Gasteiger partial charge in [0.15, 0.2) is 0 Å². The first-order valence-electron chi connectivity index (χ1n) is 10.4. The number of para-hydroxylation sites is 1. The summed E-state index contributed by atoms with van der Waals surface area (Å²) in [4.78, 5) is 27.8. The Kier molecular flexibility index (Phi) is 9.44. The molecule has 186 valence electrons. The molecule has 0 aliphatic rings. The monoisotopic (exact) mass is 591 g/mol. The van der Waals surface area contributed by atoms with Gasteiger partial charge in [-0.15, -0.1) is 0 Å². The highest BCUT2D eigenvalue weighted by Gasteiger charge is 2.32. The van der Waals surface area contributed by atoms with Crippen LogP contribution in [0, 0.1) is 0 Å². The molecule has 0 radical (unpaired) electrons. The van der Waals surface area contributed by atoms with E-state index in [9.17, 15) is 18.0 Å². The number of nitrogens with one attached hydrogen (secondary N) is 1. The molecule has 2 rings (SSSR count). The lowest BCUT2D eigenvalue weighted by atomic mass is 10.1. The standard InChI is InChI=1S/C23H28BrCl2N3O4S/c1-15(22(31)27-23(2,3)4)28(13-16-18(25)10-8-11-19(16)26)21(30)14-29(34(5,32)33)20-12-7-6-9-17(20)24/h6-12,15H,13-14H2,1-5H3,(H,27,31). The molecule has 0 aliphatic carbocycles. The molecule has 0 saturated heterocycles. The van der Waals surface area contributed by atoms with Crippen molar-refractivity contribution in [3.8, 4) is 0 Å². The van der Waals surface area contributed by atoms with Crippen molar-refractivity contribution < 1.29 is 18.0 Å². The molecule has 2 amide bonds. The number of hydrogen-bond donors (Lipinski definition) is 1. The minimum Gasteiger partial charge on any atom is -0.350 e. The topological polar surface area (TPSA) is 86.8 Å². The second kappa shape index (κ2) is 11.3. The van der Waals surface area contributed by atoms with Gasteiger partial charge in [0, 0.05) is 32.2 Å². The molecule has 11 heteroatoms. The lowest BCUT2D eigenvalue weighted by molar-refractivity contribution is -0.140. The summed E-state index contributed by atoms with van der Waals surface area (Å²) in [6.45, 7) is 6.46. The number of rotatable bonds is 8. The molecular weight excluding hydrogens is 565 g/mol. The van der Waals surface area contributed by atoms with Crippen LogP contribution in [0.2, 0.25) is 10.0 Å². The Morgan fingerprint density at radius 3 is 2.12 bits per heavy atom. The number of benzene rings is 2. The van der Waals surface area contributed by atoms with Crippen LogP contribution in [0.5, 0.6) is 0 Å². The van der Waals surface area contributed by atoms with E-state index in [0.717, 1.165) is 10.6 Å². The van der Waals surface area contributed by atoms with Crippen LogP contribution in [0.15, 0.2) is 46.9 Å². The Labute approximate surface area is 219 Å². The molecule has 0 saturated carbocycles. The van der Waals surface area contributed by atoms with E-state index < -0.39 is 40.0 Å². The first-order valence-corrected chi connectivity index (χ1v) is 13.8. The van der Waals surface area contributed by atoms with Crippen molar-refractivity contribution >= 4 is 66.7 Å². The maximum absolute atomic E-state index is 13.6. The largest absolute Gasteiger partial charge is 0.350 e. The van der Waals surface area contributed by atoms with Gasteiger partial charge >= 0.3 is 0 Å². The lowest BCUT2D eigenvalue weighted by Gasteiger charge is -2.33. The molecule has 0 fully saturated rings. The molecule has 1 unspecified atom stereocenters. The molecule has 1 N–H and O–H groups in total. The van der Waals surface area contributed by atoms with Crippen LogP contribution in [-0.4, -0.2) is 49.5 Å². The van der Waals surface area contributed by atoms with Gasteiger partial charge in [0.25, 0.3) is 0 Å². The number of carbonyl (C=O) groups is 2. The summed E-state index contributed by atoms with van der Waals surface area (Å²) in [5.41, 5.74) is 0.234. The minimum atomic E-state index is -3.83. The molecule has 2 aromatic rings. The van der Waals surface area contributed by atoms with Gasteiger partial charge in [-0.2, -0.15) is 0 Å². The number of amides is 2. The molecule has 0 aliphatic heterocycles. The highest BCUT2D eigenvalue weighted by Crippen LogP contribution is 2.29. The number of carbonyl (C=O) groups excluding carboxylic acids is 2. The van der Waals surface area contributed by atoms with E-state index in [1.165, 1.54) is 4.90 Å². The average Bonchev–Trinajstić information content (AvgIpc) is 2.70. The fourth-order valence-corrected chi connectivity index (χ4v) is 5.15. The van der Waals surface area contributed by atoms with Crippen LogP contribution in [0.3, 0.4) is 0 Å². The highest BCUT2D eigenvalue weighted by atomic mass is 79.9. The van der Waals surface area contributed by atoms with Gasteiger partial charge in [0.2, 0.25) is 21.8 Å². The molecular formula is C23H28BrCl2N3O4S. The molecule has 34 heavy (non-hydrogen) atoms. The maximum Gasteiger partial charge on any atom is 0.244 e. The van der Waals surface area contributed by atoms with E-state index in [1.54, 1.807) is 49.4 Å². The molecule has 0 spiro atoms. The van der Waals surface area contributed by atoms with E-state index in [2.05, 4.69) is 21.2 Å². The lowest BCUT2D eigenvalue weighted by Crippen LogP contribution is -2.54. The molecule has 2 aromatic carbocycles. The van der Waals surface area contributed by atoms with Gasteiger partial charge in [0.1, 0.15) is 12.6 Å². The Hall–Kier alpha value is -1.81. The summed E-state index contributed by atoms with van der Waals surface area (Å²) in [7, 11) is -3.83. The maximum atomic E-state index is 13.6. The molecule has 1 atom stereocenters. The predicted octanol–water partition coefficient (Wildman–Crippen LogP) is 4.85. The zero-order chi connectivity index (χ0) is 25.8. The number of hydrogen-bond acceptors (Lipinski definition) is 4. The third-order valence-corrected chi connectivity index (χ3v) is 7.36. The summed E-state index contributed by atoms with van der Waals surface area (Å²) in [6.07, 6.45) is 1.02. The smallest absolute Gasteiger partial charge is 0.244 e. The number of anilines is 1. The first-order chi connectivity index (χ1) is 15.6. The van der Waals surface area contributed by atoms with E-state index in [-0.39, 0.29) is 6.54 Å². The Morgan fingerprint density at radius 1 is 1.06 bits per heavy atom. The Morgan fingerprint density at radius 2 is 1.62 bits per heavy atom. The van der Waals surface area contributed by atoms with Crippen molar-refractivity contribution in [1.29, 1.82) is 0 Å².